The molecule has 0 heterocycles. The van der Waals surface area contributed by atoms with Gasteiger partial charge in [0, 0.05) is 19.1 Å². The number of methoxy groups -OCH3 is 1. The van der Waals surface area contributed by atoms with Crippen LogP contribution in [0.25, 0.3) is 0 Å². The van der Waals surface area contributed by atoms with Gasteiger partial charge in [0.15, 0.2) is 0 Å². The third kappa shape index (κ3) is 4.10. The average Bonchev–Trinajstić information content (AvgIpc) is 2.16. The standard InChI is InChI=1S/C12H24N2O2/c1-12(2,8-16-3)14-11(15)9-5-4-6-10(13)7-9/h9-10H,4-8,13H2,1-3H3,(H,14,15). The van der Waals surface area contributed by atoms with Crippen LogP contribution >= 0.6 is 0 Å². The van der Waals surface area contributed by atoms with Crippen molar-refractivity contribution < 1.29 is 9.53 Å². The maximum absolute atomic E-state index is 12.0. The van der Waals surface area contributed by atoms with E-state index in [4.69, 9.17) is 10.5 Å². The van der Waals surface area contributed by atoms with Gasteiger partial charge in [-0.1, -0.05) is 6.42 Å². The van der Waals surface area contributed by atoms with Crippen molar-refractivity contribution >= 4 is 5.91 Å². The lowest BCUT2D eigenvalue weighted by Crippen LogP contribution is -2.50. The average molecular weight is 228 g/mol. The summed E-state index contributed by atoms with van der Waals surface area (Å²) in [4.78, 5) is 12.0. The van der Waals surface area contributed by atoms with Gasteiger partial charge in [0.1, 0.15) is 0 Å². The minimum atomic E-state index is -0.298. The molecule has 0 saturated heterocycles. The van der Waals surface area contributed by atoms with Crippen LogP contribution in [0.5, 0.6) is 0 Å². The first-order valence-corrected chi connectivity index (χ1v) is 6.01. The quantitative estimate of drug-likeness (QED) is 0.756. The van der Waals surface area contributed by atoms with Gasteiger partial charge in [-0.3, -0.25) is 4.79 Å². The van der Waals surface area contributed by atoms with Gasteiger partial charge >= 0.3 is 0 Å². The molecule has 4 heteroatoms. The number of rotatable bonds is 4. The van der Waals surface area contributed by atoms with Crippen molar-refractivity contribution in [2.24, 2.45) is 11.7 Å². The molecule has 2 atom stereocenters. The summed E-state index contributed by atoms with van der Waals surface area (Å²) in [5.41, 5.74) is 5.58. The Morgan fingerprint density at radius 3 is 2.75 bits per heavy atom. The Kier molecular flexibility index (Phi) is 4.74. The molecule has 16 heavy (non-hydrogen) atoms. The van der Waals surface area contributed by atoms with Gasteiger partial charge in [0.2, 0.25) is 5.91 Å². The first kappa shape index (κ1) is 13.5. The Bertz CT molecular complexity index is 241. The summed E-state index contributed by atoms with van der Waals surface area (Å²) < 4.78 is 5.08. The highest BCUT2D eigenvalue weighted by Crippen LogP contribution is 2.23. The second-order valence-corrected chi connectivity index (χ2v) is 5.43. The summed E-state index contributed by atoms with van der Waals surface area (Å²) in [6.45, 7) is 4.46. The maximum Gasteiger partial charge on any atom is 0.223 e. The number of ether oxygens (including phenoxy) is 1. The van der Waals surface area contributed by atoms with E-state index in [2.05, 4.69) is 5.32 Å². The lowest BCUT2D eigenvalue weighted by atomic mass is 9.85. The van der Waals surface area contributed by atoms with Crippen molar-refractivity contribution in [2.45, 2.75) is 51.1 Å². The molecule has 2 unspecified atom stereocenters. The molecular weight excluding hydrogens is 204 g/mol. The summed E-state index contributed by atoms with van der Waals surface area (Å²) in [5, 5.41) is 3.03. The number of hydrogen-bond donors (Lipinski definition) is 2. The van der Waals surface area contributed by atoms with E-state index in [0.29, 0.717) is 6.61 Å². The van der Waals surface area contributed by atoms with Crippen LogP contribution in [-0.2, 0) is 9.53 Å². The topological polar surface area (TPSA) is 64.3 Å². The Morgan fingerprint density at radius 2 is 2.19 bits per heavy atom. The lowest BCUT2D eigenvalue weighted by molar-refractivity contribution is -0.128. The number of amides is 1. The van der Waals surface area contributed by atoms with Gasteiger partial charge in [0.05, 0.1) is 12.1 Å². The van der Waals surface area contributed by atoms with Crippen LogP contribution in [0.1, 0.15) is 39.5 Å². The summed E-state index contributed by atoms with van der Waals surface area (Å²) in [7, 11) is 1.64. The van der Waals surface area contributed by atoms with Gasteiger partial charge in [-0.25, -0.2) is 0 Å². The molecule has 4 nitrogen and oxygen atoms in total. The van der Waals surface area contributed by atoms with E-state index in [-0.39, 0.29) is 23.4 Å². The van der Waals surface area contributed by atoms with Crippen molar-refractivity contribution in [1.29, 1.82) is 0 Å². The minimum Gasteiger partial charge on any atom is -0.382 e. The monoisotopic (exact) mass is 228 g/mol. The molecule has 1 saturated carbocycles. The smallest absolute Gasteiger partial charge is 0.223 e. The SMILES string of the molecule is COCC(C)(C)NC(=O)C1CCCC(N)C1. The fourth-order valence-electron chi connectivity index (χ4n) is 2.30. The number of nitrogens with one attached hydrogen (secondary N) is 1. The zero-order valence-corrected chi connectivity index (χ0v) is 10.6. The maximum atomic E-state index is 12.0. The Hall–Kier alpha value is -0.610. The molecule has 0 radical (unpaired) electrons. The second-order valence-electron chi connectivity index (χ2n) is 5.43. The van der Waals surface area contributed by atoms with E-state index in [1.807, 2.05) is 13.8 Å². The summed E-state index contributed by atoms with van der Waals surface area (Å²) >= 11 is 0. The van der Waals surface area contributed by atoms with Crippen molar-refractivity contribution in [3.05, 3.63) is 0 Å². The molecule has 1 rings (SSSR count). The molecule has 0 aromatic carbocycles. The lowest BCUT2D eigenvalue weighted by Gasteiger charge is -2.31. The Labute approximate surface area is 97.9 Å². The Morgan fingerprint density at radius 1 is 1.50 bits per heavy atom. The largest absolute Gasteiger partial charge is 0.382 e. The molecule has 1 amide bonds. The number of hydrogen-bond acceptors (Lipinski definition) is 3. The van der Waals surface area contributed by atoms with Crippen LogP contribution in [-0.4, -0.2) is 31.2 Å². The summed E-state index contributed by atoms with van der Waals surface area (Å²) in [5.74, 6) is 0.206. The molecular formula is C12H24N2O2. The van der Waals surface area contributed by atoms with Crippen molar-refractivity contribution in [3.8, 4) is 0 Å². The second kappa shape index (κ2) is 5.64. The molecule has 94 valence electrons. The highest BCUT2D eigenvalue weighted by atomic mass is 16.5. The first-order chi connectivity index (χ1) is 7.44. The van der Waals surface area contributed by atoms with Crippen molar-refractivity contribution in [3.63, 3.8) is 0 Å². The predicted octanol–water partition coefficient (Wildman–Crippen LogP) is 1.05. The fourth-order valence-corrected chi connectivity index (χ4v) is 2.30. The van der Waals surface area contributed by atoms with Gasteiger partial charge in [-0.05, 0) is 33.1 Å². The first-order valence-electron chi connectivity index (χ1n) is 6.01. The van der Waals surface area contributed by atoms with Crippen molar-refractivity contribution in [2.75, 3.05) is 13.7 Å². The molecule has 1 aliphatic carbocycles. The van der Waals surface area contributed by atoms with Crippen LogP contribution in [0.2, 0.25) is 0 Å². The van der Waals surface area contributed by atoms with Crippen LogP contribution in [0.3, 0.4) is 0 Å². The van der Waals surface area contributed by atoms with E-state index >= 15 is 0 Å². The van der Waals surface area contributed by atoms with Crippen LogP contribution in [0.15, 0.2) is 0 Å². The van der Waals surface area contributed by atoms with E-state index in [1.54, 1.807) is 7.11 Å². The summed E-state index contributed by atoms with van der Waals surface area (Å²) in [6.07, 6.45) is 3.88. The molecule has 0 bridgehead atoms. The van der Waals surface area contributed by atoms with Gasteiger partial charge in [-0.2, -0.15) is 0 Å². The number of nitrogens with two attached hydrogens (primary N) is 1. The normalized spacial score (nSPS) is 26.5. The van der Waals surface area contributed by atoms with E-state index in [1.165, 1.54) is 0 Å². The summed E-state index contributed by atoms with van der Waals surface area (Å²) in [6, 6.07) is 0.190. The molecule has 0 aromatic heterocycles. The van der Waals surface area contributed by atoms with E-state index in [9.17, 15) is 4.79 Å². The third-order valence-electron chi connectivity index (χ3n) is 3.05. The van der Waals surface area contributed by atoms with Gasteiger partial charge in [-0.15, -0.1) is 0 Å². The van der Waals surface area contributed by atoms with Crippen LogP contribution in [0.4, 0.5) is 0 Å². The van der Waals surface area contributed by atoms with Crippen molar-refractivity contribution in [1.82, 2.24) is 5.32 Å². The molecule has 0 aromatic rings. The van der Waals surface area contributed by atoms with Gasteiger partial charge < -0.3 is 15.8 Å². The Balaban J connectivity index is 2.45. The van der Waals surface area contributed by atoms with Crippen LogP contribution in [0, 0.1) is 5.92 Å². The van der Waals surface area contributed by atoms with E-state index < -0.39 is 0 Å². The number of carbonyl (C=O) groups is 1. The minimum absolute atomic E-state index is 0.0832. The molecule has 1 fully saturated rings. The van der Waals surface area contributed by atoms with Gasteiger partial charge in [0.25, 0.3) is 0 Å². The molecule has 1 aliphatic rings. The zero-order valence-electron chi connectivity index (χ0n) is 10.6. The van der Waals surface area contributed by atoms with Crippen LogP contribution < -0.4 is 11.1 Å². The molecule has 0 aliphatic heterocycles. The highest BCUT2D eigenvalue weighted by molar-refractivity contribution is 5.79. The zero-order chi connectivity index (χ0) is 12.2. The molecule has 3 N–H and O–H groups in total. The fraction of sp³-hybridized carbons (Fsp3) is 0.917. The highest BCUT2D eigenvalue weighted by Gasteiger charge is 2.29. The molecule has 0 spiro atoms. The van der Waals surface area contributed by atoms with E-state index in [0.717, 1.165) is 25.7 Å². The predicted molar refractivity (Wildman–Crippen MR) is 64.0 cm³/mol. The number of carbonyl (C=O) groups excluding carboxylic acids is 1. The third-order valence-corrected chi connectivity index (χ3v) is 3.05.